The van der Waals surface area contributed by atoms with Crippen LogP contribution in [0.25, 0.3) is 0 Å². The van der Waals surface area contributed by atoms with Gasteiger partial charge in [0.25, 0.3) is 0 Å². The molecular formula is C20H30O15. The first kappa shape index (κ1) is 28.8. The molecule has 200 valence electrons. The second-order valence-corrected chi connectivity index (χ2v) is 7.90. The third kappa shape index (κ3) is 7.54. The van der Waals surface area contributed by atoms with Gasteiger partial charge in [-0.05, 0) is 0 Å². The molecule has 0 saturated carbocycles. The van der Waals surface area contributed by atoms with E-state index in [-0.39, 0.29) is 0 Å². The van der Waals surface area contributed by atoms with Gasteiger partial charge >= 0.3 is 23.9 Å². The van der Waals surface area contributed by atoms with Crippen molar-refractivity contribution in [3.63, 3.8) is 0 Å². The molecule has 10 atom stereocenters. The van der Waals surface area contributed by atoms with Gasteiger partial charge in [0.1, 0.15) is 37.1 Å². The maximum absolute atomic E-state index is 11.8. The Morgan fingerprint density at radius 2 is 1.17 bits per heavy atom. The third-order valence-electron chi connectivity index (χ3n) is 5.06. The summed E-state index contributed by atoms with van der Waals surface area (Å²) < 4.78 is 37.2. The van der Waals surface area contributed by atoms with Crippen molar-refractivity contribution in [1.82, 2.24) is 0 Å². The van der Waals surface area contributed by atoms with Crippen LogP contribution < -0.4 is 0 Å². The van der Waals surface area contributed by atoms with Crippen molar-refractivity contribution in [2.75, 3.05) is 13.2 Å². The fraction of sp³-hybridized carbons (Fsp3) is 0.800. The average molecular weight is 510 g/mol. The summed E-state index contributed by atoms with van der Waals surface area (Å²) >= 11 is 0. The van der Waals surface area contributed by atoms with Crippen LogP contribution in [0.3, 0.4) is 0 Å². The lowest BCUT2D eigenvalue weighted by atomic mass is 9.97. The zero-order valence-corrected chi connectivity index (χ0v) is 19.5. The Hall–Kier alpha value is -2.40. The fourth-order valence-corrected chi connectivity index (χ4v) is 3.61. The van der Waals surface area contributed by atoms with Gasteiger partial charge in [0, 0.05) is 27.7 Å². The van der Waals surface area contributed by atoms with E-state index in [2.05, 4.69) is 0 Å². The molecule has 0 bridgehead atoms. The molecule has 0 aliphatic carbocycles. The number of hydrogen-bond donors (Lipinski definition) is 4. The minimum atomic E-state index is -1.85. The summed E-state index contributed by atoms with van der Waals surface area (Å²) in [4.78, 5) is 46.8. The van der Waals surface area contributed by atoms with E-state index in [4.69, 9.17) is 33.2 Å². The Labute approximate surface area is 199 Å². The first-order valence-corrected chi connectivity index (χ1v) is 10.6. The smallest absolute Gasteiger partial charge is 0.303 e. The molecule has 0 radical (unpaired) electrons. The van der Waals surface area contributed by atoms with Gasteiger partial charge in [0.15, 0.2) is 24.6 Å². The van der Waals surface area contributed by atoms with Gasteiger partial charge in [0.2, 0.25) is 6.29 Å². The van der Waals surface area contributed by atoms with Gasteiger partial charge in [0.05, 0.1) is 6.61 Å². The Morgan fingerprint density at radius 3 is 1.69 bits per heavy atom. The molecule has 2 saturated heterocycles. The molecule has 0 aromatic rings. The molecule has 15 nitrogen and oxygen atoms in total. The molecule has 4 N–H and O–H groups in total. The third-order valence-corrected chi connectivity index (χ3v) is 5.06. The van der Waals surface area contributed by atoms with E-state index < -0.39 is 98.5 Å². The number of carbonyl (C=O) groups excluding carboxylic acids is 4. The van der Waals surface area contributed by atoms with Gasteiger partial charge in [-0.2, -0.15) is 0 Å². The Morgan fingerprint density at radius 1 is 0.657 bits per heavy atom. The highest BCUT2D eigenvalue weighted by Gasteiger charge is 2.55. The van der Waals surface area contributed by atoms with Crippen LogP contribution in [-0.4, -0.2) is 119 Å². The predicted octanol–water partition coefficient (Wildman–Crippen LogP) is -3.11. The fourth-order valence-electron chi connectivity index (χ4n) is 3.61. The van der Waals surface area contributed by atoms with Crippen molar-refractivity contribution in [2.45, 2.75) is 89.1 Å². The molecule has 2 aliphatic heterocycles. The molecule has 2 fully saturated rings. The van der Waals surface area contributed by atoms with Crippen molar-refractivity contribution in [1.29, 1.82) is 0 Å². The normalized spacial score (nSPS) is 37.1. The van der Waals surface area contributed by atoms with Crippen LogP contribution in [0.4, 0.5) is 0 Å². The van der Waals surface area contributed by atoms with Crippen LogP contribution >= 0.6 is 0 Å². The van der Waals surface area contributed by atoms with Gasteiger partial charge in [-0.25, -0.2) is 0 Å². The predicted molar refractivity (Wildman–Crippen MR) is 107 cm³/mol. The van der Waals surface area contributed by atoms with E-state index in [1.165, 1.54) is 0 Å². The van der Waals surface area contributed by atoms with Gasteiger partial charge in [-0.15, -0.1) is 0 Å². The number of hydrogen-bond acceptors (Lipinski definition) is 15. The maximum atomic E-state index is 11.8. The quantitative estimate of drug-likeness (QED) is 0.188. The molecule has 0 aromatic heterocycles. The van der Waals surface area contributed by atoms with Crippen molar-refractivity contribution in [3.05, 3.63) is 0 Å². The standard InChI is InChI=1S/C20H30O15/c1-7(22)29-6-12-16(30-8(2)23)17(31-9(3)24)18(32-10(4)25)20(34-12)35-19-15(28)14(27)13(26)11(5-21)33-19/h11-21,26-28H,5-6H2,1-4H3/t11-,12?,13-,14?,15?,16-,17+,18?,19-,20-/m1/s1. The molecule has 0 aromatic carbocycles. The van der Waals surface area contributed by atoms with Crippen LogP contribution in [0.5, 0.6) is 0 Å². The molecule has 35 heavy (non-hydrogen) atoms. The molecule has 0 spiro atoms. The second kappa shape index (κ2) is 12.5. The van der Waals surface area contributed by atoms with E-state index in [0.29, 0.717) is 0 Å². The summed E-state index contributed by atoms with van der Waals surface area (Å²) in [6.07, 6.45) is -15.9. The monoisotopic (exact) mass is 510 g/mol. The Balaban J connectivity index is 2.43. The zero-order valence-electron chi connectivity index (χ0n) is 19.5. The first-order chi connectivity index (χ1) is 16.3. The van der Waals surface area contributed by atoms with E-state index >= 15 is 0 Å². The second-order valence-electron chi connectivity index (χ2n) is 7.90. The molecule has 2 rings (SSSR count). The van der Waals surface area contributed by atoms with Gasteiger partial charge < -0.3 is 53.6 Å². The van der Waals surface area contributed by atoms with E-state index in [0.717, 1.165) is 27.7 Å². The van der Waals surface area contributed by atoms with E-state index in [1.807, 2.05) is 0 Å². The summed E-state index contributed by atoms with van der Waals surface area (Å²) in [6.45, 7) is 2.98. The highest BCUT2D eigenvalue weighted by atomic mass is 16.8. The van der Waals surface area contributed by atoms with Crippen LogP contribution in [0.15, 0.2) is 0 Å². The number of ether oxygens (including phenoxy) is 7. The molecular weight excluding hydrogens is 480 g/mol. The number of carbonyl (C=O) groups is 4. The minimum absolute atomic E-state index is 0.508. The zero-order chi connectivity index (χ0) is 26.4. The number of aliphatic hydroxyl groups excluding tert-OH is 4. The lowest BCUT2D eigenvalue weighted by molar-refractivity contribution is -0.377. The van der Waals surface area contributed by atoms with Crippen LogP contribution in [0.1, 0.15) is 27.7 Å². The summed E-state index contributed by atoms with van der Waals surface area (Å²) in [5, 5.41) is 39.7. The largest absolute Gasteiger partial charge is 0.463 e. The Bertz CT molecular complexity index is 770. The average Bonchev–Trinajstić information content (AvgIpc) is 2.75. The first-order valence-electron chi connectivity index (χ1n) is 10.6. The van der Waals surface area contributed by atoms with Crippen molar-refractivity contribution in [3.8, 4) is 0 Å². The molecule has 15 heteroatoms. The Kier molecular flexibility index (Phi) is 10.3. The van der Waals surface area contributed by atoms with Crippen LogP contribution in [0.2, 0.25) is 0 Å². The van der Waals surface area contributed by atoms with Crippen molar-refractivity contribution < 1.29 is 72.8 Å². The number of rotatable bonds is 8. The van der Waals surface area contributed by atoms with E-state index in [9.17, 15) is 39.6 Å². The minimum Gasteiger partial charge on any atom is -0.463 e. The lowest BCUT2D eigenvalue weighted by Crippen LogP contribution is -2.65. The maximum Gasteiger partial charge on any atom is 0.303 e. The van der Waals surface area contributed by atoms with Crippen LogP contribution in [0, 0.1) is 0 Å². The summed E-state index contributed by atoms with van der Waals surface area (Å²) in [5.74, 6) is -3.27. The molecule has 0 amide bonds. The topological polar surface area (TPSA) is 214 Å². The highest BCUT2D eigenvalue weighted by molar-refractivity contribution is 5.68. The number of esters is 4. The van der Waals surface area contributed by atoms with Gasteiger partial charge in [-0.3, -0.25) is 19.2 Å². The molecule has 2 heterocycles. The summed E-state index contributed by atoms with van der Waals surface area (Å²) in [5.41, 5.74) is 0. The summed E-state index contributed by atoms with van der Waals surface area (Å²) in [6, 6.07) is 0. The summed E-state index contributed by atoms with van der Waals surface area (Å²) in [7, 11) is 0. The SMILES string of the molecule is CC(=O)OCC1O[C@H](O[C@H]2O[C@H](CO)[C@@H](O)C(O)C2O)C(OC(C)=O)[C@@H](OC(C)=O)[C@@H]1OC(C)=O. The number of aliphatic hydroxyl groups is 4. The van der Waals surface area contributed by atoms with Crippen LogP contribution in [-0.2, 0) is 52.3 Å². The molecule has 2 aliphatic rings. The van der Waals surface area contributed by atoms with Crippen molar-refractivity contribution in [2.24, 2.45) is 0 Å². The lowest BCUT2D eigenvalue weighted by Gasteiger charge is -2.46. The van der Waals surface area contributed by atoms with E-state index in [1.54, 1.807) is 0 Å². The van der Waals surface area contributed by atoms with Crippen molar-refractivity contribution >= 4 is 23.9 Å². The highest BCUT2D eigenvalue weighted by Crippen LogP contribution is 2.32. The van der Waals surface area contributed by atoms with Gasteiger partial charge in [-0.1, -0.05) is 0 Å². The molecule has 4 unspecified atom stereocenters.